The molecule has 3 aromatic heterocycles. The molecule has 3 rings (SSSR count). The normalized spacial score (nSPS) is 12.5. The SMILES string of the molecule is CC(Nc1cncc2nnnn12)c1ccncc1. The zero-order valence-electron chi connectivity index (χ0n) is 9.72. The molecule has 7 nitrogen and oxygen atoms in total. The van der Waals surface area contributed by atoms with Gasteiger partial charge in [0.1, 0.15) is 0 Å². The van der Waals surface area contributed by atoms with Gasteiger partial charge in [-0.05, 0) is 35.0 Å². The van der Waals surface area contributed by atoms with Crippen molar-refractivity contribution in [3.8, 4) is 0 Å². The van der Waals surface area contributed by atoms with Gasteiger partial charge in [-0.25, -0.2) is 0 Å². The highest BCUT2D eigenvalue weighted by Gasteiger charge is 2.08. The molecule has 90 valence electrons. The van der Waals surface area contributed by atoms with Crippen molar-refractivity contribution in [1.29, 1.82) is 0 Å². The summed E-state index contributed by atoms with van der Waals surface area (Å²) in [6.07, 6.45) is 6.84. The van der Waals surface area contributed by atoms with Crippen LogP contribution in [0.5, 0.6) is 0 Å². The quantitative estimate of drug-likeness (QED) is 0.739. The van der Waals surface area contributed by atoms with Gasteiger partial charge < -0.3 is 5.32 Å². The van der Waals surface area contributed by atoms with Gasteiger partial charge in [0.2, 0.25) is 0 Å². The minimum Gasteiger partial charge on any atom is -0.362 e. The van der Waals surface area contributed by atoms with Crippen LogP contribution in [0, 0.1) is 0 Å². The number of rotatable bonds is 3. The van der Waals surface area contributed by atoms with Crippen LogP contribution < -0.4 is 5.32 Å². The summed E-state index contributed by atoms with van der Waals surface area (Å²) in [5.41, 5.74) is 1.75. The summed E-state index contributed by atoms with van der Waals surface area (Å²) in [7, 11) is 0. The number of aromatic nitrogens is 6. The molecule has 0 fully saturated rings. The van der Waals surface area contributed by atoms with Crippen LogP contribution in [0.2, 0.25) is 0 Å². The lowest BCUT2D eigenvalue weighted by Gasteiger charge is -2.15. The van der Waals surface area contributed by atoms with Gasteiger partial charge in [-0.15, -0.1) is 5.10 Å². The molecule has 0 aliphatic carbocycles. The number of tetrazole rings is 1. The second kappa shape index (κ2) is 4.36. The first-order valence-corrected chi connectivity index (χ1v) is 5.53. The Morgan fingerprint density at radius 3 is 2.83 bits per heavy atom. The molecule has 7 heteroatoms. The molecular formula is C11H11N7. The topological polar surface area (TPSA) is 80.9 Å². The Labute approximate surface area is 103 Å². The van der Waals surface area contributed by atoms with Crippen LogP contribution in [0.25, 0.3) is 5.65 Å². The van der Waals surface area contributed by atoms with Crippen molar-refractivity contribution < 1.29 is 0 Å². The van der Waals surface area contributed by atoms with Crippen molar-refractivity contribution >= 4 is 11.5 Å². The molecule has 0 saturated carbocycles. The van der Waals surface area contributed by atoms with Gasteiger partial charge in [0.05, 0.1) is 18.4 Å². The van der Waals surface area contributed by atoms with Crippen LogP contribution in [0.15, 0.2) is 36.9 Å². The summed E-state index contributed by atoms with van der Waals surface area (Å²) in [4.78, 5) is 8.09. The number of nitrogens with zero attached hydrogens (tertiary/aromatic N) is 6. The van der Waals surface area contributed by atoms with E-state index in [4.69, 9.17) is 0 Å². The maximum absolute atomic E-state index is 4.09. The summed E-state index contributed by atoms with van der Waals surface area (Å²) in [6, 6.07) is 4.04. The van der Waals surface area contributed by atoms with Crippen molar-refractivity contribution in [3.05, 3.63) is 42.5 Å². The average molecular weight is 241 g/mol. The van der Waals surface area contributed by atoms with E-state index in [1.165, 1.54) is 0 Å². The molecule has 18 heavy (non-hydrogen) atoms. The number of pyridine rings is 1. The largest absolute Gasteiger partial charge is 0.362 e. The zero-order chi connectivity index (χ0) is 12.4. The average Bonchev–Trinajstić information content (AvgIpc) is 2.89. The van der Waals surface area contributed by atoms with Crippen LogP contribution in [0.1, 0.15) is 18.5 Å². The van der Waals surface area contributed by atoms with E-state index in [1.807, 2.05) is 12.1 Å². The molecule has 0 aliphatic rings. The van der Waals surface area contributed by atoms with Crippen LogP contribution in [0.4, 0.5) is 5.82 Å². The van der Waals surface area contributed by atoms with Gasteiger partial charge in [-0.2, -0.15) is 4.52 Å². The first-order chi connectivity index (χ1) is 8.84. The van der Waals surface area contributed by atoms with E-state index in [0.717, 1.165) is 11.4 Å². The molecule has 1 atom stereocenters. The Kier molecular flexibility index (Phi) is 2.56. The van der Waals surface area contributed by atoms with E-state index in [0.29, 0.717) is 5.65 Å². The molecule has 3 aromatic rings. The Morgan fingerprint density at radius 2 is 2.00 bits per heavy atom. The van der Waals surface area contributed by atoms with Crippen LogP contribution in [0.3, 0.4) is 0 Å². The van der Waals surface area contributed by atoms with E-state index in [9.17, 15) is 0 Å². The third-order valence-corrected chi connectivity index (χ3v) is 2.68. The monoisotopic (exact) mass is 241 g/mol. The molecule has 3 heterocycles. The number of hydrogen-bond acceptors (Lipinski definition) is 6. The molecule has 0 aliphatic heterocycles. The number of nitrogens with one attached hydrogen (secondary N) is 1. The fourth-order valence-corrected chi connectivity index (χ4v) is 1.73. The van der Waals surface area contributed by atoms with Gasteiger partial charge in [0.25, 0.3) is 0 Å². The fraction of sp³-hybridized carbons (Fsp3) is 0.182. The first kappa shape index (κ1) is 10.6. The van der Waals surface area contributed by atoms with Crippen molar-refractivity contribution in [2.75, 3.05) is 5.32 Å². The fourth-order valence-electron chi connectivity index (χ4n) is 1.73. The predicted molar refractivity (Wildman–Crippen MR) is 64.9 cm³/mol. The molecule has 0 aromatic carbocycles. The molecule has 1 N–H and O–H groups in total. The molecular weight excluding hydrogens is 230 g/mol. The van der Waals surface area contributed by atoms with E-state index < -0.39 is 0 Å². The molecule has 0 radical (unpaired) electrons. The van der Waals surface area contributed by atoms with Crippen LogP contribution in [-0.4, -0.2) is 30.0 Å². The molecule has 0 spiro atoms. The molecule has 0 amide bonds. The summed E-state index contributed by atoms with van der Waals surface area (Å²) < 4.78 is 1.62. The van der Waals surface area contributed by atoms with Crippen LogP contribution >= 0.6 is 0 Å². The Morgan fingerprint density at radius 1 is 1.17 bits per heavy atom. The second-order valence-electron chi connectivity index (χ2n) is 3.89. The third kappa shape index (κ3) is 1.86. The van der Waals surface area contributed by atoms with Crippen molar-refractivity contribution in [2.24, 2.45) is 0 Å². The maximum atomic E-state index is 4.09. The minimum absolute atomic E-state index is 0.115. The van der Waals surface area contributed by atoms with Gasteiger partial charge in [-0.3, -0.25) is 9.97 Å². The summed E-state index contributed by atoms with van der Waals surface area (Å²) >= 11 is 0. The van der Waals surface area contributed by atoms with Gasteiger partial charge in [0.15, 0.2) is 11.5 Å². The lowest BCUT2D eigenvalue weighted by Crippen LogP contribution is -2.10. The maximum Gasteiger partial charge on any atom is 0.199 e. The van der Waals surface area contributed by atoms with Gasteiger partial charge in [0, 0.05) is 12.4 Å². The smallest absolute Gasteiger partial charge is 0.199 e. The Bertz CT molecular complexity index is 649. The van der Waals surface area contributed by atoms with E-state index in [-0.39, 0.29) is 6.04 Å². The predicted octanol–water partition coefficient (Wildman–Crippen LogP) is 1.09. The Balaban J connectivity index is 1.91. The van der Waals surface area contributed by atoms with Gasteiger partial charge in [-0.1, -0.05) is 0 Å². The summed E-state index contributed by atoms with van der Waals surface area (Å²) in [5, 5.41) is 14.7. The lowest BCUT2D eigenvalue weighted by atomic mass is 10.1. The summed E-state index contributed by atoms with van der Waals surface area (Å²) in [6.45, 7) is 2.05. The first-order valence-electron chi connectivity index (χ1n) is 5.53. The highest BCUT2D eigenvalue weighted by Crippen LogP contribution is 2.17. The zero-order valence-corrected chi connectivity index (χ0v) is 9.72. The van der Waals surface area contributed by atoms with Gasteiger partial charge >= 0.3 is 0 Å². The number of hydrogen-bond donors (Lipinski definition) is 1. The lowest BCUT2D eigenvalue weighted by molar-refractivity contribution is 0.795. The minimum atomic E-state index is 0.115. The van der Waals surface area contributed by atoms with E-state index >= 15 is 0 Å². The van der Waals surface area contributed by atoms with Crippen molar-refractivity contribution in [2.45, 2.75) is 13.0 Å². The Hall–Kier alpha value is -2.57. The van der Waals surface area contributed by atoms with E-state index in [2.05, 4.69) is 37.7 Å². The standard InChI is InChI=1S/C11H11N7/c1-8(9-2-4-12-5-3-9)14-10-6-13-7-11-15-16-17-18(10)11/h2-8,14H,1H3. The van der Waals surface area contributed by atoms with Crippen molar-refractivity contribution in [3.63, 3.8) is 0 Å². The highest BCUT2D eigenvalue weighted by atomic mass is 15.5. The summed E-state index contributed by atoms with van der Waals surface area (Å²) in [5.74, 6) is 0.752. The molecule has 0 saturated heterocycles. The van der Waals surface area contributed by atoms with Crippen molar-refractivity contribution in [1.82, 2.24) is 30.0 Å². The highest BCUT2D eigenvalue weighted by molar-refractivity contribution is 5.45. The number of fused-ring (bicyclic) bond motifs is 1. The third-order valence-electron chi connectivity index (χ3n) is 2.68. The number of anilines is 1. The van der Waals surface area contributed by atoms with E-state index in [1.54, 1.807) is 29.3 Å². The molecule has 1 unspecified atom stereocenters. The molecule has 0 bridgehead atoms. The second-order valence-corrected chi connectivity index (χ2v) is 3.89. The van der Waals surface area contributed by atoms with Crippen LogP contribution in [-0.2, 0) is 0 Å².